The van der Waals surface area contributed by atoms with Gasteiger partial charge < -0.3 is 9.64 Å². The number of fused-ring (bicyclic) bond motifs is 3. The molecular weight excluding hydrogens is 400 g/mol. The summed E-state index contributed by atoms with van der Waals surface area (Å²) in [6.45, 7) is 3.81. The minimum atomic E-state index is 0.169. The highest BCUT2D eigenvalue weighted by Crippen LogP contribution is 2.21. The Kier molecular flexibility index (Phi) is 5.58. The summed E-state index contributed by atoms with van der Waals surface area (Å²) in [5, 5.41) is 4.55. The van der Waals surface area contributed by atoms with Crippen molar-refractivity contribution in [2.45, 2.75) is 39.3 Å². The Morgan fingerprint density at radius 1 is 1.06 bits per heavy atom. The van der Waals surface area contributed by atoms with Crippen LogP contribution in [0.4, 0.5) is 0 Å². The SMILES string of the molecule is Cc1cc2ncc3c(n2n1)CCN(C(=O)CCc1cccc(OCc2ccccc2)c1)C3. The molecule has 0 spiro atoms. The summed E-state index contributed by atoms with van der Waals surface area (Å²) in [5.74, 6) is 0.998. The lowest BCUT2D eigenvalue weighted by atomic mass is 10.1. The molecule has 32 heavy (non-hydrogen) atoms. The van der Waals surface area contributed by atoms with Gasteiger partial charge in [-0.25, -0.2) is 9.50 Å². The van der Waals surface area contributed by atoms with E-state index in [1.54, 1.807) is 0 Å². The zero-order valence-corrected chi connectivity index (χ0v) is 18.2. The van der Waals surface area contributed by atoms with Crippen LogP contribution < -0.4 is 4.74 Å². The van der Waals surface area contributed by atoms with Crippen LogP contribution in [0.3, 0.4) is 0 Å². The van der Waals surface area contributed by atoms with Crippen molar-refractivity contribution in [3.8, 4) is 5.75 Å². The van der Waals surface area contributed by atoms with Gasteiger partial charge in [0.2, 0.25) is 5.91 Å². The first kappa shape index (κ1) is 20.2. The second-order valence-corrected chi connectivity index (χ2v) is 8.27. The first-order chi connectivity index (χ1) is 15.7. The average molecular weight is 427 g/mol. The highest BCUT2D eigenvalue weighted by molar-refractivity contribution is 5.76. The van der Waals surface area contributed by atoms with Crippen LogP contribution in [0.15, 0.2) is 66.9 Å². The molecule has 162 valence electrons. The minimum absolute atomic E-state index is 0.169. The highest BCUT2D eigenvalue weighted by atomic mass is 16.5. The fourth-order valence-electron chi connectivity index (χ4n) is 4.21. The van der Waals surface area contributed by atoms with Crippen LogP contribution in [0.5, 0.6) is 5.75 Å². The summed E-state index contributed by atoms with van der Waals surface area (Å²) >= 11 is 0. The Morgan fingerprint density at radius 2 is 1.91 bits per heavy atom. The minimum Gasteiger partial charge on any atom is -0.489 e. The molecule has 0 atom stereocenters. The van der Waals surface area contributed by atoms with E-state index in [0.29, 0.717) is 32.5 Å². The third kappa shape index (κ3) is 4.35. The molecular formula is C26H26N4O2. The Balaban J connectivity index is 1.19. The van der Waals surface area contributed by atoms with E-state index in [9.17, 15) is 4.79 Å². The number of ether oxygens (including phenoxy) is 1. The number of benzene rings is 2. The number of aryl methyl sites for hydroxylation is 2. The van der Waals surface area contributed by atoms with Crippen LogP contribution in [0, 0.1) is 6.92 Å². The summed E-state index contributed by atoms with van der Waals surface area (Å²) in [5.41, 5.74) is 6.31. The van der Waals surface area contributed by atoms with E-state index < -0.39 is 0 Å². The van der Waals surface area contributed by atoms with E-state index in [1.807, 2.05) is 77.1 Å². The Morgan fingerprint density at radius 3 is 2.78 bits per heavy atom. The lowest BCUT2D eigenvalue weighted by Crippen LogP contribution is -2.37. The molecule has 3 heterocycles. The maximum Gasteiger partial charge on any atom is 0.223 e. The standard InChI is InChI=1S/C26H26N4O2/c1-19-14-25-27-16-22-17-29(13-12-24(22)30(25)28-19)26(31)11-10-20-8-5-9-23(15-20)32-18-21-6-3-2-4-7-21/h2-9,14-16H,10-13,17-18H2,1H3. The molecule has 0 unspecified atom stereocenters. The molecule has 2 aromatic heterocycles. The average Bonchev–Trinajstić information content (AvgIpc) is 3.22. The van der Waals surface area contributed by atoms with E-state index in [4.69, 9.17) is 4.74 Å². The lowest BCUT2D eigenvalue weighted by molar-refractivity contribution is -0.132. The number of hydrogen-bond acceptors (Lipinski definition) is 4. The molecule has 0 N–H and O–H groups in total. The van der Waals surface area contributed by atoms with Gasteiger partial charge >= 0.3 is 0 Å². The van der Waals surface area contributed by atoms with Crippen molar-refractivity contribution in [1.29, 1.82) is 0 Å². The van der Waals surface area contributed by atoms with Crippen LogP contribution in [0.1, 0.15) is 34.5 Å². The summed E-state index contributed by atoms with van der Waals surface area (Å²) in [7, 11) is 0. The molecule has 1 amide bonds. The molecule has 6 heteroatoms. The zero-order valence-electron chi connectivity index (χ0n) is 18.2. The molecule has 0 saturated heterocycles. The Labute approximate surface area is 187 Å². The Bertz CT molecular complexity index is 1250. The second kappa shape index (κ2) is 8.83. The van der Waals surface area contributed by atoms with Crippen molar-refractivity contribution in [2.24, 2.45) is 0 Å². The van der Waals surface area contributed by atoms with Crippen LogP contribution in [-0.2, 0) is 30.8 Å². The third-order valence-corrected chi connectivity index (χ3v) is 5.90. The second-order valence-electron chi connectivity index (χ2n) is 8.27. The highest BCUT2D eigenvalue weighted by Gasteiger charge is 2.23. The van der Waals surface area contributed by atoms with Gasteiger partial charge in [-0.15, -0.1) is 0 Å². The number of aromatic nitrogens is 3. The molecule has 0 saturated carbocycles. The van der Waals surface area contributed by atoms with E-state index in [2.05, 4.69) is 16.1 Å². The van der Waals surface area contributed by atoms with E-state index in [1.165, 1.54) is 0 Å². The lowest BCUT2D eigenvalue weighted by Gasteiger charge is -2.29. The van der Waals surface area contributed by atoms with Gasteiger partial charge in [-0.05, 0) is 36.6 Å². The predicted octanol–water partition coefficient (Wildman–Crippen LogP) is 4.13. The number of amides is 1. The van der Waals surface area contributed by atoms with Gasteiger partial charge in [0, 0.05) is 43.8 Å². The molecule has 4 aromatic rings. The maximum absolute atomic E-state index is 12.9. The van der Waals surface area contributed by atoms with Crippen LogP contribution in [0.25, 0.3) is 5.65 Å². The quantitative estimate of drug-likeness (QED) is 0.465. The van der Waals surface area contributed by atoms with Crippen molar-refractivity contribution in [3.05, 3.63) is 94.9 Å². The first-order valence-corrected chi connectivity index (χ1v) is 11.0. The Hall–Kier alpha value is -3.67. The van der Waals surface area contributed by atoms with Gasteiger partial charge in [-0.1, -0.05) is 42.5 Å². The smallest absolute Gasteiger partial charge is 0.223 e. The van der Waals surface area contributed by atoms with Gasteiger partial charge in [-0.3, -0.25) is 4.79 Å². The van der Waals surface area contributed by atoms with Crippen molar-refractivity contribution >= 4 is 11.6 Å². The van der Waals surface area contributed by atoms with E-state index in [0.717, 1.165) is 45.9 Å². The summed E-state index contributed by atoms with van der Waals surface area (Å²) in [6, 6.07) is 20.1. The van der Waals surface area contributed by atoms with Crippen LogP contribution in [-0.4, -0.2) is 31.9 Å². The fraction of sp³-hybridized carbons (Fsp3) is 0.269. The maximum atomic E-state index is 12.9. The van der Waals surface area contributed by atoms with Crippen molar-refractivity contribution < 1.29 is 9.53 Å². The van der Waals surface area contributed by atoms with Gasteiger partial charge in [-0.2, -0.15) is 5.10 Å². The van der Waals surface area contributed by atoms with Crippen LogP contribution >= 0.6 is 0 Å². The summed E-state index contributed by atoms with van der Waals surface area (Å²) < 4.78 is 7.85. The number of carbonyl (C=O) groups is 1. The fourth-order valence-corrected chi connectivity index (χ4v) is 4.21. The summed E-state index contributed by atoms with van der Waals surface area (Å²) in [4.78, 5) is 19.3. The monoisotopic (exact) mass is 426 g/mol. The first-order valence-electron chi connectivity index (χ1n) is 11.0. The number of nitrogens with zero attached hydrogens (tertiary/aromatic N) is 4. The number of hydrogen-bond donors (Lipinski definition) is 0. The van der Waals surface area contributed by atoms with Gasteiger partial charge in [0.05, 0.1) is 11.4 Å². The molecule has 1 aliphatic rings. The van der Waals surface area contributed by atoms with E-state index >= 15 is 0 Å². The topological polar surface area (TPSA) is 59.7 Å². The summed E-state index contributed by atoms with van der Waals surface area (Å²) in [6.07, 6.45) is 3.86. The largest absolute Gasteiger partial charge is 0.489 e. The molecule has 0 fully saturated rings. The number of rotatable bonds is 6. The molecule has 6 nitrogen and oxygen atoms in total. The van der Waals surface area contributed by atoms with Gasteiger partial charge in [0.1, 0.15) is 12.4 Å². The van der Waals surface area contributed by atoms with Crippen molar-refractivity contribution in [1.82, 2.24) is 19.5 Å². The molecule has 2 aromatic carbocycles. The molecule has 0 aliphatic carbocycles. The van der Waals surface area contributed by atoms with Crippen molar-refractivity contribution in [3.63, 3.8) is 0 Å². The normalized spacial score (nSPS) is 13.2. The van der Waals surface area contributed by atoms with Gasteiger partial charge in [0.25, 0.3) is 0 Å². The van der Waals surface area contributed by atoms with Crippen molar-refractivity contribution in [2.75, 3.05) is 6.54 Å². The number of carbonyl (C=O) groups excluding carboxylic acids is 1. The third-order valence-electron chi connectivity index (χ3n) is 5.90. The molecule has 0 radical (unpaired) electrons. The molecule has 1 aliphatic heterocycles. The van der Waals surface area contributed by atoms with Crippen LogP contribution in [0.2, 0.25) is 0 Å². The predicted molar refractivity (Wildman–Crippen MR) is 122 cm³/mol. The van der Waals surface area contributed by atoms with Gasteiger partial charge in [0.15, 0.2) is 5.65 Å². The molecule has 0 bridgehead atoms. The zero-order chi connectivity index (χ0) is 21.9. The van der Waals surface area contributed by atoms with E-state index in [-0.39, 0.29) is 5.91 Å². The molecule has 5 rings (SSSR count).